The Bertz CT molecular complexity index is 1460. The molecule has 1 saturated heterocycles. The van der Waals surface area contributed by atoms with Crippen LogP contribution in [0.3, 0.4) is 0 Å². The van der Waals surface area contributed by atoms with Gasteiger partial charge in [0.25, 0.3) is 0 Å². The molecule has 45 heavy (non-hydrogen) atoms. The Morgan fingerprint density at radius 3 is 1.93 bits per heavy atom. The molecule has 1 heterocycles. The fourth-order valence-electron chi connectivity index (χ4n) is 7.98. The summed E-state index contributed by atoms with van der Waals surface area (Å²) in [6, 6.07) is 27.7. The highest BCUT2D eigenvalue weighted by Crippen LogP contribution is 2.65. The molecule has 4 aliphatic rings. The lowest BCUT2D eigenvalue weighted by Gasteiger charge is -2.64. The molecule has 7 nitrogen and oxygen atoms in total. The van der Waals surface area contributed by atoms with Gasteiger partial charge in [-0.2, -0.15) is 0 Å². The molecule has 3 aromatic rings. The predicted octanol–water partition coefficient (Wildman–Crippen LogP) is 4.74. The zero-order valence-corrected chi connectivity index (χ0v) is 26.7. The van der Waals surface area contributed by atoms with E-state index in [-0.39, 0.29) is 35.0 Å². The van der Waals surface area contributed by atoms with Crippen LogP contribution in [0.25, 0.3) is 0 Å². The van der Waals surface area contributed by atoms with Gasteiger partial charge >= 0.3 is 7.12 Å². The van der Waals surface area contributed by atoms with Crippen LogP contribution in [0.15, 0.2) is 91.0 Å². The maximum absolute atomic E-state index is 14.0. The molecule has 4 fully saturated rings. The van der Waals surface area contributed by atoms with Crippen LogP contribution in [0.2, 0.25) is 6.32 Å². The summed E-state index contributed by atoms with van der Waals surface area (Å²) in [6.45, 7) is 6.93. The van der Waals surface area contributed by atoms with E-state index in [0.29, 0.717) is 37.4 Å². The van der Waals surface area contributed by atoms with Gasteiger partial charge in [0.15, 0.2) is 0 Å². The van der Waals surface area contributed by atoms with Crippen LogP contribution in [-0.4, -0.2) is 48.8 Å². The van der Waals surface area contributed by atoms with Crippen LogP contribution in [0, 0.1) is 17.3 Å². The van der Waals surface area contributed by atoms with Crippen LogP contribution < -0.4 is 16.4 Å². The van der Waals surface area contributed by atoms with E-state index in [4.69, 9.17) is 15.0 Å². The summed E-state index contributed by atoms with van der Waals surface area (Å²) < 4.78 is 13.3. The normalized spacial score (nSPS) is 26.6. The lowest BCUT2D eigenvalue weighted by Crippen LogP contribution is -2.65. The minimum Gasteiger partial charge on any atom is -0.405 e. The smallest absolute Gasteiger partial charge is 0.405 e. The average molecular weight is 608 g/mol. The third kappa shape index (κ3) is 6.88. The van der Waals surface area contributed by atoms with Gasteiger partial charge in [-0.25, -0.2) is 0 Å². The second-order valence-corrected chi connectivity index (χ2v) is 14.1. The Labute approximate surface area is 267 Å². The molecule has 4 N–H and O–H groups in total. The number of carbonyl (C=O) groups is 2. The predicted molar refractivity (Wildman–Crippen MR) is 177 cm³/mol. The molecule has 3 saturated carbocycles. The number of carbonyl (C=O) groups excluding carboxylic acids is 2. The molecule has 0 spiro atoms. The molecule has 3 aromatic carbocycles. The first-order valence-corrected chi connectivity index (χ1v) is 16.4. The lowest BCUT2D eigenvalue weighted by molar-refractivity contribution is -0.199. The van der Waals surface area contributed by atoms with E-state index in [0.717, 1.165) is 23.1 Å². The number of nitrogens with one attached hydrogen (secondary N) is 2. The van der Waals surface area contributed by atoms with Gasteiger partial charge in [-0.05, 0) is 66.5 Å². The summed E-state index contributed by atoms with van der Waals surface area (Å²) in [6.07, 6.45) is 4.15. The summed E-state index contributed by atoms with van der Waals surface area (Å²) in [5.41, 5.74) is 9.31. The fraction of sp³-hybridized carbons (Fsp3) is 0.459. The third-order valence-corrected chi connectivity index (χ3v) is 10.7. The van der Waals surface area contributed by atoms with E-state index in [1.807, 2.05) is 78.9 Å². The molecule has 2 bridgehead atoms. The molecule has 3 aliphatic carbocycles. The van der Waals surface area contributed by atoms with Crippen molar-refractivity contribution in [2.24, 2.45) is 23.0 Å². The number of benzene rings is 3. The Kier molecular flexibility index (Phi) is 9.18. The van der Waals surface area contributed by atoms with Crippen molar-refractivity contribution in [2.45, 2.75) is 89.0 Å². The molecule has 236 valence electrons. The highest BCUT2D eigenvalue weighted by atomic mass is 16.7. The van der Waals surface area contributed by atoms with Gasteiger partial charge in [0.1, 0.15) is 6.04 Å². The Balaban J connectivity index is 1.17. The first-order valence-electron chi connectivity index (χ1n) is 16.4. The van der Waals surface area contributed by atoms with Crippen LogP contribution >= 0.6 is 0 Å². The Morgan fingerprint density at radius 2 is 1.36 bits per heavy atom. The highest BCUT2D eigenvalue weighted by molar-refractivity contribution is 6.45. The lowest BCUT2D eigenvalue weighted by atomic mass is 9.43. The zero-order valence-electron chi connectivity index (χ0n) is 26.7. The second kappa shape index (κ2) is 13.1. The van der Waals surface area contributed by atoms with Crippen LogP contribution in [0.1, 0.15) is 50.3 Å². The molecule has 0 radical (unpaired) electrons. The SMILES string of the molecule is CC1(C)C2CC3OB(CC(Cc4ccccc4)NC(=O)C(Cc4ccccc4)NC(=O)C(N)Cc4ccccc4)O[C@]3(C)C1C2. The quantitative estimate of drug-likeness (QED) is 0.258. The van der Waals surface area contributed by atoms with E-state index in [9.17, 15) is 9.59 Å². The maximum Gasteiger partial charge on any atom is 0.459 e. The van der Waals surface area contributed by atoms with Crippen molar-refractivity contribution in [3.05, 3.63) is 108 Å². The molecule has 7 rings (SSSR count). The first kappa shape index (κ1) is 31.5. The number of hydrogen-bond donors (Lipinski definition) is 3. The van der Waals surface area contributed by atoms with E-state index < -0.39 is 19.2 Å². The van der Waals surface area contributed by atoms with Gasteiger partial charge in [-0.3, -0.25) is 9.59 Å². The average Bonchev–Trinajstić information content (AvgIpc) is 3.37. The monoisotopic (exact) mass is 607 g/mol. The molecular formula is C37H46BN3O4. The standard InChI is InChI=1S/C37H46BN3O4/c1-36(2)28-22-32(36)37(3)33(23-28)44-38(45-37)24-29(19-25-13-7-4-8-14-25)40-35(43)31(21-27-17-11-6-12-18-27)41-34(42)30(39)20-26-15-9-5-10-16-26/h4-18,28-33H,19-24,39H2,1-3H3,(H,40,43)(H,41,42)/t28?,29?,30?,31?,32?,33?,37-/m1/s1. The van der Waals surface area contributed by atoms with E-state index in [1.165, 1.54) is 6.42 Å². The minimum atomic E-state index is -0.793. The van der Waals surface area contributed by atoms with Gasteiger partial charge < -0.3 is 25.7 Å². The van der Waals surface area contributed by atoms with Crippen molar-refractivity contribution in [3.63, 3.8) is 0 Å². The van der Waals surface area contributed by atoms with Crippen molar-refractivity contribution < 1.29 is 18.9 Å². The summed E-state index contributed by atoms with van der Waals surface area (Å²) in [7, 11) is -0.411. The third-order valence-electron chi connectivity index (χ3n) is 10.7. The molecular weight excluding hydrogens is 561 g/mol. The number of amides is 2. The van der Waals surface area contributed by atoms with E-state index >= 15 is 0 Å². The summed E-state index contributed by atoms with van der Waals surface area (Å²) in [5.74, 6) is 0.533. The topological polar surface area (TPSA) is 103 Å². The van der Waals surface area contributed by atoms with Crippen molar-refractivity contribution in [2.75, 3.05) is 0 Å². The van der Waals surface area contributed by atoms with Gasteiger partial charge in [0.2, 0.25) is 11.8 Å². The summed E-state index contributed by atoms with van der Waals surface area (Å²) in [4.78, 5) is 27.4. The summed E-state index contributed by atoms with van der Waals surface area (Å²) >= 11 is 0. The van der Waals surface area contributed by atoms with E-state index in [2.05, 4.69) is 43.5 Å². The molecule has 0 aromatic heterocycles. The largest absolute Gasteiger partial charge is 0.459 e. The van der Waals surface area contributed by atoms with Gasteiger partial charge in [-0.15, -0.1) is 0 Å². The molecule has 6 unspecified atom stereocenters. The highest BCUT2D eigenvalue weighted by Gasteiger charge is 2.67. The molecule has 1 aliphatic heterocycles. The van der Waals surface area contributed by atoms with Crippen molar-refractivity contribution in [1.29, 1.82) is 0 Å². The first-order chi connectivity index (χ1) is 21.6. The Morgan fingerprint density at radius 1 is 0.800 bits per heavy atom. The molecule has 8 heteroatoms. The van der Waals surface area contributed by atoms with Crippen molar-refractivity contribution in [1.82, 2.24) is 10.6 Å². The fourth-order valence-corrected chi connectivity index (χ4v) is 7.98. The number of hydrogen-bond acceptors (Lipinski definition) is 5. The van der Waals surface area contributed by atoms with E-state index in [1.54, 1.807) is 0 Å². The van der Waals surface area contributed by atoms with Gasteiger partial charge in [0, 0.05) is 18.8 Å². The van der Waals surface area contributed by atoms with Crippen LogP contribution in [0.5, 0.6) is 0 Å². The van der Waals surface area contributed by atoms with Crippen LogP contribution in [0.4, 0.5) is 0 Å². The van der Waals surface area contributed by atoms with Gasteiger partial charge in [-0.1, -0.05) is 105 Å². The van der Waals surface area contributed by atoms with Gasteiger partial charge in [0.05, 0.1) is 17.7 Å². The minimum absolute atomic E-state index is 0.0728. The second-order valence-electron chi connectivity index (χ2n) is 14.1. The van der Waals surface area contributed by atoms with Crippen molar-refractivity contribution in [3.8, 4) is 0 Å². The Hall–Kier alpha value is -3.46. The number of nitrogens with two attached hydrogens (primary N) is 1. The zero-order chi connectivity index (χ0) is 31.6. The van der Waals surface area contributed by atoms with Crippen molar-refractivity contribution >= 4 is 18.9 Å². The van der Waals surface area contributed by atoms with Crippen LogP contribution in [-0.2, 0) is 38.2 Å². The summed E-state index contributed by atoms with van der Waals surface area (Å²) in [5, 5.41) is 6.26. The maximum atomic E-state index is 14.0. The molecule has 2 amide bonds. The number of rotatable bonds is 12. The molecule has 7 atom stereocenters.